The van der Waals surface area contributed by atoms with Crippen molar-refractivity contribution in [3.05, 3.63) is 53.3 Å². The minimum Gasteiger partial charge on any atom is -0.360 e. The third-order valence-electron chi connectivity index (χ3n) is 2.95. The highest BCUT2D eigenvalue weighted by atomic mass is 32.2. The van der Waals surface area contributed by atoms with Crippen LogP contribution in [0, 0.1) is 13.8 Å². The van der Waals surface area contributed by atoms with E-state index in [1.54, 1.807) is 32.2 Å². The summed E-state index contributed by atoms with van der Waals surface area (Å²) in [7, 11) is -3.65. The SMILES string of the molecule is C/C(=N\NS(=O)(=O)c1cc(C)ccc1C)c1ccc[nH]1. The fraction of sp³-hybridized carbons (Fsp3) is 0.214. The molecule has 20 heavy (non-hydrogen) atoms. The number of hydrazone groups is 1. The molecule has 0 amide bonds. The Bertz CT molecular complexity index is 732. The van der Waals surface area contributed by atoms with Gasteiger partial charge in [0, 0.05) is 6.20 Å². The molecular weight excluding hydrogens is 274 g/mol. The van der Waals surface area contributed by atoms with Gasteiger partial charge in [0.1, 0.15) is 0 Å². The quantitative estimate of drug-likeness (QED) is 0.670. The minimum atomic E-state index is -3.65. The third kappa shape index (κ3) is 3.08. The average Bonchev–Trinajstić information content (AvgIpc) is 2.93. The number of nitrogens with zero attached hydrogens (tertiary/aromatic N) is 1. The molecule has 5 nitrogen and oxygen atoms in total. The lowest BCUT2D eigenvalue weighted by atomic mass is 10.2. The molecule has 0 unspecified atom stereocenters. The number of sulfonamides is 1. The Balaban J connectivity index is 2.28. The second-order valence-electron chi connectivity index (χ2n) is 4.64. The van der Waals surface area contributed by atoms with Gasteiger partial charge in [-0.25, -0.2) is 0 Å². The molecule has 2 aromatic rings. The summed E-state index contributed by atoms with van der Waals surface area (Å²) in [6.45, 7) is 5.35. The molecule has 0 atom stereocenters. The van der Waals surface area contributed by atoms with Crippen LogP contribution in [0.25, 0.3) is 0 Å². The van der Waals surface area contributed by atoms with Crippen LogP contribution in [0.5, 0.6) is 0 Å². The van der Waals surface area contributed by atoms with Crippen LogP contribution in [0.4, 0.5) is 0 Å². The van der Waals surface area contributed by atoms with Gasteiger partial charge in [0.25, 0.3) is 10.0 Å². The van der Waals surface area contributed by atoms with E-state index in [2.05, 4.69) is 14.9 Å². The zero-order valence-electron chi connectivity index (χ0n) is 11.6. The Labute approximate surface area is 118 Å². The fourth-order valence-electron chi connectivity index (χ4n) is 1.79. The minimum absolute atomic E-state index is 0.250. The van der Waals surface area contributed by atoms with Gasteiger partial charge in [0.05, 0.1) is 16.3 Å². The zero-order chi connectivity index (χ0) is 14.8. The largest absolute Gasteiger partial charge is 0.360 e. The number of hydrogen-bond acceptors (Lipinski definition) is 3. The molecule has 106 valence electrons. The maximum Gasteiger partial charge on any atom is 0.276 e. The van der Waals surface area contributed by atoms with E-state index >= 15 is 0 Å². The summed E-state index contributed by atoms with van der Waals surface area (Å²) in [6.07, 6.45) is 1.76. The second-order valence-corrected chi connectivity index (χ2v) is 6.27. The van der Waals surface area contributed by atoms with Crippen molar-refractivity contribution < 1.29 is 8.42 Å². The molecule has 0 spiro atoms. The lowest BCUT2D eigenvalue weighted by Crippen LogP contribution is -2.21. The first-order chi connectivity index (χ1) is 9.40. The van der Waals surface area contributed by atoms with Gasteiger partial charge >= 0.3 is 0 Å². The monoisotopic (exact) mass is 291 g/mol. The highest BCUT2D eigenvalue weighted by Gasteiger charge is 2.16. The van der Waals surface area contributed by atoms with Crippen molar-refractivity contribution in [3.8, 4) is 0 Å². The Hall–Kier alpha value is -2.08. The fourth-order valence-corrected chi connectivity index (χ4v) is 2.98. The number of H-pyrrole nitrogens is 1. The van der Waals surface area contributed by atoms with Crippen molar-refractivity contribution in [2.24, 2.45) is 5.10 Å². The van der Waals surface area contributed by atoms with E-state index in [4.69, 9.17) is 0 Å². The van der Waals surface area contributed by atoms with Crippen LogP contribution in [0.2, 0.25) is 0 Å². The predicted octanol–water partition coefficient (Wildman–Crippen LogP) is 2.33. The first-order valence-corrected chi connectivity index (χ1v) is 7.65. The van der Waals surface area contributed by atoms with Crippen LogP contribution < -0.4 is 4.83 Å². The molecule has 1 heterocycles. The molecule has 0 saturated carbocycles. The van der Waals surface area contributed by atoms with Crippen molar-refractivity contribution in [1.82, 2.24) is 9.82 Å². The maximum absolute atomic E-state index is 12.3. The van der Waals surface area contributed by atoms with Gasteiger partial charge in [-0.2, -0.15) is 18.4 Å². The Morgan fingerprint density at radius 3 is 2.65 bits per heavy atom. The van der Waals surface area contributed by atoms with E-state index in [9.17, 15) is 8.42 Å². The topological polar surface area (TPSA) is 74.3 Å². The molecule has 0 aliphatic carbocycles. The lowest BCUT2D eigenvalue weighted by Gasteiger charge is -2.08. The molecule has 0 radical (unpaired) electrons. The molecule has 2 N–H and O–H groups in total. The summed E-state index contributed by atoms with van der Waals surface area (Å²) in [6, 6.07) is 8.95. The van der Waals surface area contributed by atoms with E-state index in [0.29, 0.717) is 11.3 Å². The van der Waals surface area contributed by atoms with Crippen molar-refractivity contribution in [3.63, 3.8) is 0 Å². The Kier molecular flexibility index (Phi) is 3.94. The van der Waals surface area contributed by atoms with Crippen molar-refractivity contribution in [2.45, 2.75) is 25.7 Å². The van der Waals surface area contributed by atoms with Gasteiger partial charge in [0.2, 0.25) is 0 Å². The predicted molar refractivity (Wildman–Crippen MR) is 79.2 cm³/mol. The number of rotatable bonds is 4. The summed E-state index contributed by atoms with van der Waals surface area (Å²) in [5.74, 6) is 0. The number of nitrogens with one attached hydrogen (secondary N) is 2. The van der Waals surface area contributed by atoms with E-state index < -0.39 is 10.0 Å². The molecule has 0 saturated heterocycles. The molecule has 0 bridgehead atoms. The van der Waals surface area contributed by atoms with Crippen LogP contribution in [0.1, 0.15) is 23.7 Å². The first kappa shape index (κ1) is 14.3. The van der Waals surface area contributed by atoms with Crippen LogP contribution in [0.15, 0.2) is 46.5 Å². The summed E-state index contributed by atoms with van der Waals surface area (Å²) < 4.78 is 24.5. The smallest absolute Gasteiger partial charge is 0.276 e. The van der Waals surface area contributed by atoms with Crippen LogP contribution in [-0.2, 0) is 10.0 Å². The van der Waals surface area contributed by atoms with Crippen molar-refractivity contribution >= 4 is 15.7 Å². The molecule has 0 aliphatic rings. The van der Waals surface area contributed by atoms with Gasteiger partial charge < -0.3 is 4.98 Å². The number of aryl methyl sites for hydroxylation is 2. The van der Waals surface area contributed by atoms with Crippen LogP contribution >= 0.6 is 0 Å². The molecular formula is C14H17N3O2S. The molecule has 0 aliphatic heterocycles. The third-order valence-corrected chi connectivity index (χ3v) is 4.30. The van der Waals surface area contributed by atoms with Crippen LogP contribution in [-0.4, -0.2) is 19.1 Å². The zero-order valence-corrected chi connectivity index (χ0v) is 12.5. The highest BCUT2D eigenvalue weighted by molar-refractivity contribution is 7.89. The van der Waals surface area contributed by atoms with Crippen molar-refractivity contribution in [2.75, 3.05) is 0 Å². The Morgan fingerprint density at radius 1 is 1.25 bits per heavy atom. The van der Waals surface area contributed by atoms with E-state index in [-0.39, 0.29) is 4.90 Å². The standard InChI is InChI=1S/C14H17N3O2S/c1-10-6-7-11(2)14(9-10)20(18,19)17-16-12(3)13-5-4-8-15-13/h4-9,15,17H,1-3H3/b16-12+. The highest BCUT2D eigenvalue weighted by Crippen LogP contribution is 2.16. The Morgan fingerprint density at radius 2 is 2.00 bits per heavy atom. The molecule has 2 rings (SSSR count). The molecule has 1 aromatic heterocycles. The van der Waals surface area contributed by atoms with Gasteiger partial charge in [-0.3, -0.25) is 0 Å². The summed E-state index contributed by atoms with van der Waals surface area (Å²) in [4.78, 5) is 5.49. The van der Waals surface area contributed by atoms with Gasteiger partial charge in [-0.1, -0.05) is 12.1 Å². The van der Waals surface area contributed by atoms with E-state index in [0.717, 1.165) is 11.3 Å². The number of benzene rings is 1. The van der Waals surface area contributed by atoms with Gasteiger partial charge in [-0.05, 0) is 50.1 Å². The van der Waals surface area contributed by atoms with Crippen LogP contribution in [0.3, 0.4) is 0 Å². The second kappa shape index (κ2) is 5.50. The van der Waals surface area contributed by atoms with Gasteiger partial charge in [-0.15, -0.1) is 0 Å². The summed E-state index contributed by atoms with van der Waals surface area (Å²) >= 11 is 0. The summed E-state index contributed by atoms with van der Waals surface area (Å²) in [5.41, 5.74) is 2.93. The number of aromatic nitrogens is 1. The normalized spacial score (nSPS) is 12.4. The van der Waals surface area contributed by atoms with Crippen molar-refractivity contribution in [1.29, 1.82) is 0 Å². The van der Waals surface area contributed by atoms with E-state index in [1.165, 1.54) is 0 Å². The molecule has 0 fully saturated rings. The van der Waals surface area contributed by atoms with Gasteiger partial charge in [0.15, 0.2) is 0 Å². The number of hydrogen-bond donors (Lipinski definition) is 2. The lowest BCUT2D eigenvalue weighted by molar-refractivity contribution is 0.583. The van der Waals surface area contributed by atoms with E-state index in [1.807, 2.05) is 25.1 Å². The molecule has 6 heteroatoms. The summed E-state index contributed by atoms with van der Waals surface area (Å²) in [5, 5.41) is 3.93. The number of aromatic amines is 1. The molecule has 1 aromatic carbocycles. The first-order valence-electron chi connectivity index (χ1n) is 6.17. The average molecular weight is 291 g/mol. The maximum atomic E-state index is 12.3.